The lowest BCUT2D eigenvalue weighted by atomic mass is 10.1. The lowest BCUT2D eigenvalue weighted by Crippen LogP contribution is -2.22. The third kappa shape index (κ3) is 3.77. The van der Waals surface area contributed by atoms with Crippen molar-refractivity contribution in [2.45, 2.75) is 19.9 Å². The van der Waals surface area contributed by atoms with E-state index in [1.807, 2.05) is 12.1 Å². The molecule has 1 heterocycles. The number of methoxy groups -OCH3 is 1. The fraction of sp³-hybridized carbons (Fsp3) is 0.250. The molecule has 4 nitrogen and oxygen atoms in total. The Labute approximate surface area is 142 Å². The van der Waals surface area contributed by atoms with Crippen molar-refractivity contribution in [3.8, 4) is 11.5 Å². The Kier molecular flexibility index (Phi) is 4.85. The van der Waals surface area contributed by atoms with E-state index in [1.54, 1.807) is 13.2 Å². The van der Waals surface area contributed by atoms with Crippen LogP contribution in [0.2, 0.25) is 0 Å². The molecule has 0 spiro atoms. The maximum atomic E-state index is 9.66. The first-order chi connectivity index (χ1) is 11.7. The van der Waals surface area contributed by atoms with Crippen LogP contribution in [0.3, 0.4) is 0 Å². The molecule has 0 saturated carbocycles. The maximum absolute atomic E-state index is 9.66. The molecule has 0 bridgehead atoms. The second-order valence-electron chi connectivity index (χ2n) is 5.92. The number of benzene rings is 2. The molecule has 3 rings (SSSR count). The summed E-state index contributed by atoms with van der Waals surface area (Å²) in [6.45, 7) is 3.55. The Balaban J connectivity index is 1.69. The van der Waals surface area contributed by atoms with Gasteiger partial charge in [-0.3, -0.25) is 4.99 Å². The second-order valence-corrected chi connectivity index (χ2v) is 5.92. The molecule has 1 aliphatic rings. The zero-order valence-corrected chi connectivity index (χ0v) is 14.0. The first-order valence-corrected chi connectivity index (χ1v) is 8.07. The third-order valence-electron chi connectivity index (χ3n) is 4.08. The number of nitrogens with zero attached hydrogens (tertiary/aromatic N) is 1. The van der Waals surface area contributed by atoms with Gasteiger partial charge in [0.2, 0.25) is 0 Å². The summed E-state index contributed by atoms with van der Waals surface area (Å²) < 4.78 is 5.15. The number of phenols is 1. The number of phenolic OH excluding ortho intramolecular Hbond substituents is 1. The van der Waals surface area contributed by atoms with Crippen molar-refractivity contribution in [1.29, 1.82) is 0 Å². The van der Waals surface area contributed by atoms with Crippen LogP contribution in [0.5, 0.6) is 11.5 Å². The third-order valence-corrected chi connectivity index (χ3v) is 4.08. The van der Waals surface area contributed by atoms with Crippen LogP contribution in [0, 0.1) is 6.92 Å². The Morgan fingerprint density at radius 3 is 2.75 bits per heavy atom. The molecule has 0 aliphatic carbocycles. The van der Waals surface area contributed by atoms with E-state index in [9.17, 15) is 5.11 Å². The van der Waals surface area contributed by atoms with Gasteiger partial charge in [-0.1, -0.05) is 35.9 Å². The molecule has 124 valence electrons. The molecular formula is C20H22N2O2. The van der Waals surface area contributed by atoms with E-state index < -0.39 is 0 Å². The second kappa shape index (κ2) is 7.21. The highest BCUT2D eigenvalue weighted by Gasteiger charge is 2.13. The number of amidine groups is 1. The molecular weight excluding hydrogens is 300 g/mol. The lowest BCUT2D eigenvalue weighted by molar-refractivity contribution is 0.373. The summed E-state index contributed by atoms with van der Waals surface area (Å²) in [5.74, 6) is 1.58. The number of aliphatic imine (C=N–C) groups is 1. The van der Waals surface area contributed by atoms with Gasteiger partial charge < -0.3 is 15.2 Å². The number of aryl methyl sites for hydroxylation is 1. The van der Waals surface area contributed by atoms with Crippen LogP contribution in [-0.4, -0.2) is 24.6 Å². The molecule has 0 saturated heterocycles. The van der Waals surface area contributed by atoms with Gasteiger partial charge in [-0.2, -0.15) is 0 Å². The highest BCUT2D eigenvalue weighted by atomic mass is 16.5. The number of rotatable bonds is 4. The van der Waals surface area contributed by atoms with E-state index in [1.165, 1.54) is 16.7 Å². The number of hydrogen-bond donors (Lipinski definition) is 2. The summed E-state index contributed by atoms with van der Waals surface area (Å²) >= 11 is 0. The van der Waals surface area contributed by atoms with E-state index in [-0.39, 0.29) is 5.75 Å². The largest absolute Gasteiger partial charge is 0.504 e. The Morgan fingerprint density at radius 2 is 2.00 bits per heavy atom. The maximum Gasteiger partial charge on any atom is 0.160 e. The fourth-order valence-corrected chi connectivity index (χ4v) is 2.70. The van der Waals surface area contributed by atoms with Crippen LogP contribution < -0.4 is 10.1 Å². The van der Waals surface area contributed by atoms with Crippen molar-refractivity contribution in [2.24, 2.45) is 4.99 Å². The van der Waals surface area contributed by atoms with E-state index >= 15 is 0 Å². The highest BCUT2D eigenvalue weighted by Crippen LogP contribution is 2.26. The molecule has 0 aromatic heterocycles. The van der Waals surface area contributed by atoms with E-state index in [0.717, 1.165) is 24.4 Å². The monoisotopic (exact) mass is 322 g/mol. The molecule has 0 radical (unpaired) electrons. The molecule has 1 aliphatic heterocycles. The van der Waals surface area contributed by atoms with Gasteiger partial charge >= 0.3 is 0 Å². The molecule has 0 fully saturated rings. The number of nitrogens with one attached hydrogen (secondary N) is 1. The van der Waals surface area contributed by atoms with Gasteiger partial charge in [0.05, 0.1) is 7.11 Å². The SMILES string of the molecule is COc1cc(CNC2=NCC/C2=C/c2ccc(C)cc2)ccc1O. The molecule has 4 heteroatoms. The molecule has 2 aromatic rings. The lowest BCUT2D eigenvalue weighted by Gasteiger charge is -2.10. The topological polar surface area (TPSA) is 53.8 Å². The minimum atomic E-state index is 0.152. The van der Waals surface area contributed by atoms with Crippen molar-refractivity contribution in [2.75, 3.05) is 13.7 Å². The van der Waals surface area contributed by atoms with Gasteiger partial charge in [0.1, 0.15) is 5.84 Å². The zero-order valence-electron chi connectivity index (χ0n) is 14.0. The first-order valence-electron chi connectivity index (χ1n) is 8.07. The summed E-state index contributed by atoms with van der Waals surface area (Å²) in [7, 11) is 1.55. The summed E-state index contributed by atoms with van der Waals surface area (Å²) in [5, 5.41) is 13.1. The van der Waals surface area contributed by atoms with Crippen molar-refractivity contribution in [3.05, 3.63) is 64.7 Å². The van der Waals surface area contributed by atoms with Crippen LogP contribution in [0.15, 0.2) is 53.0 Å². The zero-order chi connectivity index (χ0) is 16.9. The molecule has 0 unspecified atom stereocenters. The molecule has 2 N–H and O–H groups in total. The summed E-state index contributed by atoms with van der Waals surface area (Å²) in [4.78, 5) is 4.56. The van der Waals surface area contributed by atoms with Crippen LogP contribution >= 0.6 is 0 Å². The number of ether oxygens (including phenoxy) is 1. The van der Waals surface area contributed by atoms with Crippen molar-refractivity contribution < 1.29 is 9.84 Å². The number of hydrogen-bond acceptors (Lipinski definition) is 4. The summed E-state index contributed by atoms with van der Waals surface area (Å²) in [6, 6.07) is 13.9. The van der Waals surface area contributed by atoms with Gasteiger partial charge in [0.25, 0.3) is 0 Å². The van der Waals surface area contributed by atoms with Crippen molar-refractivity contribution >= 4 is 11.9 Å². The van der Waals surface area contributed by atoms with Gasteiger partial charge in [-0.15, -0.1) is 0 Å². The van der Waals surface area contributed by atoms with Crippen molar-refractivity contribution in [3.63, 3.8) is 0 Å². The smallest absolute Gasteiger partial charge is 0.160 e. The van der Waals surface area contributed by atoms with Gasteiger partial charge in [0.15, 0.2) is 11.5 Å². The Bertz CT molecular complexity index is 777. The molecule has 0 amide bonds. The summed E-state index contributed by atoms with van der Waals surface area (Å²) in [5.41, 5.74) is 4.72. The van der Waals surface area contributed by atoms with Crippen LogP contribution in [0.25, 0.3) is 6.08 Å². The highest BCUT2D eigenvalue weighted by molar-refractivity contribution is 6.03. The Hall–Kier alpha value is -2.75. The van der Waals surface area contributed by atoms with E-state index in [4.69, 9.17) is 4.74 Å². The first kappa shape index (κ1) is 16.1. The van der Waals surface area contributed by atoms with Crippen molar-refractivity contribution in [1.82, 2.24) is 5.32 Å². The molecule has 0 atom stereocenters. The normalized spacial score (nSPS) is 15.4. The van der Waals surface area contributed by atoms with Crippen LogP contribution in [0.1, 0.15) is 23.1 Å². The van der Waals surface area contributed by atoms with Gasteiger partial charge in [0, 0.05) is 13.1 Å². The minimum Gasteiger partial charge on any atom is -0.504 e. The molecule has 2 aromatic carbocycles. The minimum absolute atomic E-state index is 0.152. The van der Waals surface area contributed by atoms with Crippen LogP contribution in [-0.2, 0) is 6.54 Å². The standard InChI is InChI=1S/C20H22N2O2/c1-14-3-5-15(6-4-14)11-17-9-10-21-20(17)22-13-16-7-8-18(23)19(12-16)24-2/h3-8,11-12,23H,9-10,13H2,1-2H3,(H,21,22)/b17-11-. The average Bonchev–Trinajstić information content (AvgIpc) is 3.03. The fourth-order valence-electron chi connectivity index (χ4n) is 2.70. The summed E-state index contributed by atoms with van der Waals surface area (Å²) in [6.07, 6.45) is 3.14. The molecule has 24 heavy (non-hydrogen) atoms. The van der Waals surface area contributed by atoms with E-state index in [0.29, 0.717) is 12.3 Å². The average molecular weight is 322 g/mol. The van der Waals surface area contributed by atoms with Crippen LogP contribution in [0.4, 0.5) is 0 Å². The van der Waals surface area contributed by atoms with E-state index in [2.05, 4.69) is 47.6 Å². The predicted molar refractivity (Wildman–Crippen MR) is 97.6 cm³/mol. The number of aromatic hydroxyl groups is 1. The Morgan fingerprint density at radius 1 is 1.21 bits per heavy atom. The van der Waals surface area contributed by atoms with Gasteiger partial charge in [-0.05, 0) is 48.3 Å². The quantitative estimate of drug-likeness (QED) is 0.903. The van der Waals surface area contributed by atoms with Gasteiger partial charge in [-0.25, -0.2) is 0 Å². The predicted octanol–water partition coefficient (Wildman–Crippen LogP) is 3.68.